The van der Waals surface area contributed by atoms with Crippen LogP contribution in [0.2, 0.25) is 0 Å². The number of benzene rings is 2. The molecule has 0 saturated carbocycles. The summed E-state index contributed by atoms with van der Waals surface area (Å²) in [6, 6.07) is 20.8. The maximum atomic E-state index is 9.80. The zero-order valence-corrected chi connectivity index (χ0v) is 18.2. The summed E-state index contributed by atoms with van der Waals surface area (Å²) in [7, 11) is 2.00. The number of nitrogens with zero attached hydrogens (tertiary/aromatic N) is 3. The molecule has 1 aliphatic rings. The van der Waals surface area contributed by atoms with Crippen LogP contribution < -0.4 is 0 Å². The van der Waals surface area contributed by atoms with E-state index in [-0.39, 0.29) is 11.5 Å². The molecule has 1 aromatic heterocycles. The first-order valence-electron chi connectivity index (χ1n) is 10.5. The number of rotatable bonds is 6. The fraction of sp³-hybridized carbons (Fsp3) is 0.259. The van der Waals surface area contributed by atoms with Gasteiger partial charge in [-0.15, -0.1) is 0 Å². The second-order valence-electron chi connectivity index (χ2n) is 8.42. The molecule has 0 fully saturated rings. The van der Waals surface area contributed by atoms with Crippen LogP contribution in [-0.2, 0) is 18.4 Å². The van der Waals surface area contributed by atoms with Gasteiger partial charge in [0.05, 0.1) is 36.5 Å². The molecular weight excluding hydrogens is 382 g/mol. The lowest BCUT2D eigenvalue weighted by Crippen LogP contribution is -2.29. The third-order valence-electron chi connectivity index (χ3n) is 6.05. The molecule has 2 unspecified atom stereocenters. The predicted octanol–water partition coefficient (Wildman–Crippen LogP) is 5.93. The van der Waals surface area contributed by atoms with Crippen LogP contribution in [0.15, 0.2) is 84.8 Å². The van der Waals surface area contributed by atoms with Gasteiger partial charge >= 0.3 is 0 Å². The van der Waals surface area contributed by atoms with Crippen LogP contribution in [0.3, 0.4) is 0 Å². The van der Waals surface area contributed by atoms with E-state index < -0.39 is 0 Å². The Hall–Kier alpha value is -3.42. The summed E-state index contributed by atoms with van der Waals surface area (Å²) in [5.74, 6) is 0. The number of ether oxygens (including phenoxy) is 1. The summed E-state index contributed by atoms with van der Waals surface area (Å²) in [5, 5.41) is 9.80. The second-order valence-corrected chi connectivity index (χ2v) is 8.42. The molecule has 3 aromatic rings. The summed E-state index contributed by atoms with van der Waals surface area (Å²) in [5.41, 5.74) is 5.76. The molecule has 0 aliphatic heterocycles. The van der Waals surface area contributed by atoms with E-state index in [0.717, 1.165) is 40.0 Å². The van der Waals surface area contributed by atoms with Gasteiger partial charge in [0.2, 0.25) is 0 Å². The zero-order valence-electron chi connectivity index (χ0n) is 18.2. The Kier molecular flexibility index (Phi) is 5.88. The highest BCUT2D eigenvalue weighted by atomic mass is 16.5. The van der Waals surface area contributed by atoms with E-state index in [4.69, 9.17) is 4.74 Å². The molecule has 0 N–H and O–H groups in total. The average Bonchev–Trinajstić information content (AvgIpc) is 3.20. The Morgan fingerprint density at radius 3 is 2.58 bits per heavy atom. The second kappa shape index (κ2) is 8.75. The third-order valence-corrected chi connectivity index (χ3v) is 6.05. The van der Waals surface area contributed by atoms with Gasteiger partial charge in [0.25, 0.3) is 0 Å². The molecule has 156 valence electrons. The van der Waals surface area contributed by atoms with E-state index in [1.807, 2.05) is 54.5 Å². The first-order chi connectivity index (χ1) is 15.0. The van der Waals surface area contributed by atoms with E-state index >= 15 is 0 Å². The van der Waals surface area contributed by atoms with Gasteiger partial charge in [-0.3, -0.25) is 0 Å². The van der Waals surface area contributed by atoms with Gasteiger partial charge in [0, 0.05) is 12.5 Å². The SMILES string of the molecule is Cc1ccccc1C1=CC(C)(C(OCc2ccccc2)c2cncn2C)CC=C1C#N. The van der Waals surface area contributed by atoms with Crippen LogP contribution in [0.1, 0.15) is 41.8 Å². The van der Waals surface area contributed by atoms with Crippen LogP contribution in [-0.4, -0.2) is 9.55 Å². The molecule has 0 spiro atoms. The number of allylic oxidation sites excluding steroid dienone is 3. The molecule has 1 heterocycles. The highest BCUT2D eigenvalue weighted by Gasteiger charge is 2.38. The van der Waals surface area contributed by atoms with Crippen molar-refractivity contribution in [3.63, 3.8) is 0 Å². The fourth-order valence-corrected chi connectivity index (χ4v) is 4.27. The van der Waals surface area contributed by atoms with Crippen molar-refractivity contribution in [2.75, 3.05) is 0 Å². The first-order valence-corrected chi connectivity index (χ1v) is 10.5. The Bertz CT molecular complexity index is 1170. The highest BCUT2D eigenvalue weighted by molar-refractivity contribution is 5.85. The summed E-state index contributed by atoms with van der Waals surface area (Å²) in [6.45, 7) is 4.80. The minimum atomic E-state index is -0.333. The van der Waals surface area contributed by atoms with Crippen LogP contribution in [0.5, 0.6) is 0 Å². The molecule has 4 heteroatoms. The van der Waals surface area contributed by atoms with E-state index in [9.17, 15) is 5.26 Å². The van der Waals surface area contributed by atoms with E-state index in [0.29, 0.717) is 6.61 Å². The molecule has 31 heavy (non-hydrogen) atoms. The molecule has 0 saturated heterocycles. The van der Waals surface area contributed by atoms with Gasteiger partial charge in [-0.25, -0.2) is 4.98 Å². The van der Waals surface area contributed by atoms with Crippen molar-refractivity contribution in [3.05, 3.63) is 107 Å². The molecule has 2 aromatic carbocycles. The lowest BCUT2D eigenvalue weighted by molar-refractivity contribution is -0.0291. The maximum Gasteiger partial charge on any atom is 0.109 e. The first kappa shape index (κ1) is 20.8. The minimum Gasteiger partial charge on any atom is -0.366 e. The molecule has 1 aliphatic carbocycles. The zero-order chi connectivity index (χ0) is 21.8. The Morgan fingerprint density at radius 1 is 1.16 bits per heavy atom. The van der Waals surface area contributed by atoms with Crippen LogP contribution >= 0.6 is 0 Å². The predicted molar refractivity (Wildman–Crippen MR) is 123 cm³/mol. The smallest absolute Gasteiger partial charge is 0.109 e. The largest absolute Gasteiger partial charge is 0.366 e. The van der Waals surface area contributed by atoms with Gasteiger partial charge < -0.3 is 9.30 Å². The number of imidazole rings is 1. The van der Waals surface area contributed by atoms with Crippen molar-refractivity contribution in [3.8, 4) is 6.07 Å². The van der Waals surface area contributed by atoms with Crippen molar-refractivity contribution >= 4 is 5.57 Å². The fourth-order valence-electron chi connectivity index (χ4n) is 4.27. The molecule has 0 radical (unpaired) electrons. The highest BCUT2D eigenvalue weighted by Crippen LogP contribution is 2.47. The van der Waals surface area contributed by atoms with Crippen LogP contribution in [0.4, 0.5) is 0 Å². The Morgan fingerprint density at radius 2 is 1.90 bits per heavy atom. The quantitative estimate of drug-likeness (QED) is 0.507. The van der Waals surface area contributed by atoms with Crippen molar-refractivity contribution < 1.29 is 4.74 Å². The Labute approximate surface area is 184 Å². The molecule has 0 bridgehead atoms. The van der Waals surface area contributed by atoms with Gasteiger partial charge in [-0.05, 0) is 35.6 Å². The molecule has 4 rings (SSSR count). The average molecular weight is 410 g/mol. The topological polar surface area (TPSA) is 50.8 Å². The van der Waals surface area contributed by atoms with E-state index in [1.165, 1.54) is 0 Å². The van der Waals surface area contributed by atoms with Gasteiger partial charge in [0.1, 0.15) is 6.10 Å². The van der Waals surface area contributed by atoms with Crippen LogP contribution in [0.25, 0.3) is 5.57 Å². The van der Waals surface area contributed by atoms with Gasteiger partial charge in [-0.1, -0.05) is 73.7 Å². The summed E-state index contributed by atoms with van der Waals surface area (Å²) < 4.78 is 8.58. The number of nitriles is 1. The normalized spacial score (nSPS) is 19.3. The number of aromatic nitrogens is 2. The standard InChI is InChI=1S/C27H27N3O/c1-20-9-7-8-12-23(20)24-15-27(2,14-13-22(24)16-28)26(25-17-29-19-30(25)3)31-18-21-10-5-4-6-11-21/h4-13,15,17,19,26H,14,18H2,1-3H3. The molecule has 2 atom stereocenters. The van der Waals surface area contributed by atoms with Crippen molar-refractivity contribution in [2.45, 2.75) is 33.0 Å². The van der Waals surface area contributed by atoms with E-state index in [1.54, 1.807) is 0 Å². The maximum absolute atomic E-state index is 9.80. The molecule has 0 amide bonds. The Balaban J connectivity index is 1.76. The van der Waals surface area contributed by atoms with Crippen molar-refractivity contribution in [1.82, 2.24) is 9.55 Å². The lowest BCUT2D eigenvalue weighted by atomic mass is 9.72. The summed E-state index contributed by atoms with van der Waals surface area (Å²) in [4.78, 5) is 4.34. The van der Waals surface area contributed by atoms with Crippen LogP contribution in [0, 0.1) is 23.7 Å². The third kappa shape index (κ3) is 4.23. The summed E-state index contributed by atoms with van der Waals surface area (Å²) in [6.07, 6.45) is 8.48. The van der Waals surface area contributed by atoms with Gasteiger partial charge in [-0.2, -0.15) is 5.26 Å². The monoisotopic (exact) mass is 409 g/mol. The molecule has 4 nitrogen and oxygen atoms in total. The van der Waals surface area contributed by atoms with Crippen molar-refractivity contribution in [1.29, 1.82) is 5.26 Å². The number of hydrogen-bond donors (Lipinski definition) is 0. The van der Waals surface area contributed by atoms with Gasteiger partial charge in [0.15, 0.2) is 0 Å². The minimum absolute atomic E-state index is 0.212. The number of hydrogen-bond acceptors (Lipinski definition) is 3. The van der Waals surface area contributed by atoms with E-state index in [2.05, 4.69) is 61.3 Å². The number of aryl methyl sites for hydroxylation is 2. The summed E-state index contributed by atoms with van der Waals surface area (Å²) >= 11 is 0. The lowest BCUT2D eigenvalue weighted by Gasteiger charge is -2.37. The van der Waals surface area contributed by atoms with Crippen molar-refractivity contribution in [2.24, 2.45) is 12.5 Å². The molecular formula is C27H27N3O.